The minimum Gasteiger partial charge on any atom is -0.504 e. The highest BCUT2D eigenvalue weighted by atomic mass is 35.5. The second-order valence-corrected chi connectivity index (χ2v) is 5.29. The third-order valence-electron chi connectivity index (χ3n) is 3.50. The molecule has 6 heteroatoms. The monoisotopic (exact) mass is 307 g/mol. The fourth-order valence-corrected chi connectivity index (χ4v) is 2.61. The molecule has 0 radical (unpaired) electrons. The summed E-state index contributed by atoms with van der Waals surface area (Å²) >= 11 is 5.83. The Bertz CT molecular complexity index is 748. The fourth-order valence-electron chi connectivity index (χ4n) is 2.42. The van der Waals surface area contributed by atoms with Crippen molar-refractivity contribution in [3.8, 4) is 11.5 Å². The van der Waals surface area contributed by atoms with Gasteiger partial charge in [-0.25, -0.2) is 4.39 Å². The molecule has 4 nitrogen and oxygen atoms in total. The third-order valence-corrected chi connectivity index (χ3v) is 3.73. The van der Waals surface area contributed by atoms with E-state index in [1.165, 1.54) is 35.2 Å². The van der Waals surface area contributed by atoms with Gasteiger partial charge in [0.2, 0.25) is 0 Å². The zero-order valence-corrected chi connectivity index (χ0v) is 11.6. The summed E-state index contributed by atoms with van der Waals surface area (Å²) in [5, 5.41) is 19.6. The molecule has 0 spiro atoms. The lowest BCUT2D eigenvalue weighted by atomic mass is 10.1. The number of benzene rings is 2. The van der Waals surface area contributed by atoms with Crippen LogP contribution in [0.1, 0.15) is 21.5 Å². The topological polar surface area (TPSA) is 60.8 Å². The van der Waals surface area contributed by atoms with E-state index in [0.29, 0.717) is 21.7 Å². The zero-order chi connectivity index (χ0) is 15.1. The van der Waals surface area contributed by atoms with Gasteiger partial charge in [0.1, 0.15) is 5.82 Å². The molecule has 1 aliphatic rings. The molecule has 0 fully saturated rings. The Labute approximate surface area is 125 Å². The van der Waals surface area contributed by atoms with E-state index in [1.54, 1.807) is 0 Å². The number of nitrogens with zero attached hydrogens (tertiary/aromatic N) is 1. The molecule has 2 aromatic carbocycles. The van der Waals surface area contributed by atoms with E-state index in [4.69, 9.17) is 11.6 Å². The van der Waals surface area contributed by atoms with Gasteiger partial charge in [-0.2, -0.15) is 0 Å². The van der Waals surface area contributed by atoms with Crippen LogP contribution in [0.2, 0.25) is 5.02 Å². The fraction of sp³-hybridized carbons (Fsp3) is 0.133. The van der Waals surface area contributed by atoms with Crippen molar-refractivity contribution in [2.75, 3.05) is 0 Å². The van der Waals surface area contributed by atoms with E-state index in [2.05, 4.69) is 0 Å². The van der Waals surface area contributed by atoms with Crippen molar-refractivity contribution >= 4 is 17.5 Å². The summed E-state index contributed by atoms with van der Waals surface area (Å²) in [5.41, 5.74) is 0.961. The highest BCUT2D eigenvalue weighted by Crippen LogP contribution is 2.37. The van der Waals surface area contributed by atoms with E-state index in [9.17, 15) is 19.4 Å². The molecule has 0 unspecified atom stereocenters. The molecule has 1 amide bonds. The van der Waals surface area contributed by atoms with Crippen LogP contribution in [0.5, 0.6) is 11.5 Å². The molecule has 0 aromatic heterocycles. The number of hydrogen-bond acceptors (Lipinski definition) is 3. The van der Waals surface area contributed by atoms with Crippen LogP contribution in [-0.4, -0.2) is 21.0 Å². The number of fused-ring (bicyclic) bond motifs is 1. The van der Waals surface area contributed by atoms with Gasteiger partial charge >= 0.3 is 0 Å². The van der Waals surface area contributed by atoms with Gasteiger partial charge in [-0.1, -0.05) is 11.6 Å². The Hall–Kier alpha value is -2.27. The van der Waals surface area contributed by atoms with Crippen LogP contribution in [0.15, 0.2) is 30.3 Å². The first kappa shape index (κ1) is 13.7. The van der Waals surface area contributed by atoms with Gasteiger partial charge in [0.25, 0.3) is 5.91 Å². The summed E-state index contributed by atoms with van der Waals surface area (Å²) in [5.74, 6) is -1.36. The number of phenolic OH excluding ortho intramolecular Hbond substituents is 2. The summed E-state index contributed by atoms with van der Waals surface area (Å²) in [6.07, 6.45) is 0. The maximum Gasteiger partial charge on any atom is 0.254 e. The summed E-state index contributed by atoms with van der Waals surface area (Å²) in [6, 6.07) is 6.85. The third kappa shape index (κ3) is 2.29. The maximum atomic E-state index is 13.7. The van der Waals surface area contributed by atoms with E-state index in [-0.39, 0.29) is 30.5 Å². The smallest absolute Gasteiger partial charge is 0.254 e. The molecule has 21 heavy (non-hydrogen) atoms. The van der Waals surface area contributed by atoms with Gasteiger partial charge in [0, 0.05) is 28.3 Å². The summed E-state index contributed by atoms with van der Waals surface area (Å²) in [6.45, 7) is 0.153. The molecule has 3 rings (SSSR count). The van der Waals surface area contributed by atoms with E-state index in [0.717, 1.165) is 0 Å². The minimum atomic E-state index is -0.449. The number of carbonyl (C=O) groups excluding carboxylic acids is 1. The second-order valence-electron chi connectivity index (χ2n) is 4.86. The molecule has 0 atom stereocenters. The van der Waals surface area contributed by atoms with Gasteiger partial charge < -0.3 is 15.1 Å². The Morgan fingerprint density at radius 3 is 2.76 bits per heavy atom. The van der Waals surface area contributed by atoms with Crippen LogP contribution in [0, 0.1) is 5.82 Å². The predicted molar refractivity (Wildman–Crippen MR) is 74.8 cm³/mol. The van der Waals surface area contributed by atoms with Crippen molar-refractivity contribution in [1.29, 1.82) is 0 Å². The van der Waals surface area contributed by atoms with Crippen molar-refractivity contribution in [1.82, 2.24) is 4.90 Å². The maximum absolute atomic E-state index is 13.7. The first-order chi connectivity index (χ1) is 9.97. The molecule has 0 saturated carbocycles. The van der Waals surface area contributed by atoms with Crippen molar-refractivity contribution < 1.29 is 19.4 Å². The normalized spacial score (nSPS) is 13.6. The van der Waals surface area contributed by atoms with Crippen molar-refractivity contribution in [2.24, 2.45) is 0 Å². The lowest BCUT2D eigenvalue weighted by Gasteiger charge is -2.16. The minimum absolute atomic E-state index is 0.0418. The zero-order valence-electron chi connectivity index (χ0n) is 10.8. The molecule has 2 N–H and O–H groups in total. The van der Waals surface area contributed by atoms with Gasteiger partial charge in [-0.3, -0.25) is 4.79 Å². The molecule has 0 bridgehead atoms. The largest absolute Gasteiger partial charge is 0.504 e. The molecule has 108 valence electrons. The standard InChI is InChI=1S/C15H11ClFNO3/c16-9-1-3-12(17)8(5-9)6-18-7-11-10(15(18)21)2-4-13(19)14(11)20/h1-5,19-20H,6-7H2. The average Bonchev–Trinajstić information content (AvgIpc) is 2.76. The summed E-state index contributed by atoms with van der Waals surface area (Å²) in [4.78, 5) is 13.6. The summed E-state index contributed by atoms with van der Waals surface area (Å²) in [7, 11) is 0. The molecule has 2 aromatic rings. The Morgan fingerprint density at radius 1 is 1.24 bits per heavy atom. The molecular weight excluding hydrogens is 297 g/mol. The van der Waals surface area contributed by atoms with Crippen molar-refractivity contribution in [3.05, 3.63) is 57.9 Å². The molecule has 0 saturated heterocycles. The number of rotatable bonds is 2. The first-order valence-corrected chi connectivity index (χ1v) is 6.62. The second kappa shape index (κ2) is 4.93. The van der Waals surface area contributed by atoms with Crippen molar-refractivity contribution in [3.63, 3.8) is 0 Å². The highest BCUT2D eigenvalue weighted by molar-refractivity contribution is 6.30. The molecular formula is C15H11ClFNO3. The van der Waals surface area contributed by atoms with Crippen LogP contribution >= 0.6 is 11.6 Å². The number of amides is 1. The van der Waals surface area contributed by atoms with E-state index in [1.807, 2.05) is 0 Å². The van der Waals surface area contributed by atoms with Crippen LogP contribution < -0.4 is 0 Å². The van der Waals surface area contributed by atoms with Crippen molar-refractivity contribution in [2.45, 2.75) is 13.1 Å². The molecule has 0 aliphatic carbocycles. The van der Waals surface area contributed by atoms with E-state index < -0.39 is 5.82 Å². The quantitative estimate of drug-likeness (QED) is 0.838. The molecule has 1 aliphatic heterocycles. The van der Waals surface area contributed by atoms with Crippen LogP contribution in [0.3, 0.4) is 0 Å². The number of hydrogen-bond donors (Lipinski definition) is 2. The number of halogens is 2. The SMILES string of the molecule is O=C1c2ccc(O)c(O)c2CN1Cc1cc(Cl)ccc1F. The Morgan fingerprint density at radius 2 is 2.00 bits per heavy atom. The van der Waals surface area contributed by atoms with Gasteiger partial charge in [0.15, 0.2) is 11.5 Å². The lowest BCUT2D eigenvalue weighted by Crippen LogP contribution is -2.23. The lowest BCUT2D eigenvalue weighted by molar-refractivity contribution is 0.0765. The first-order valence-electron chi connectivity index (χ1n) is 6.24. The highest BCUT2D eigenvalue weighted by Gasteiger charge is 2.31. The van der Waals surface area contributed by atoms with Gasteiger partial charge in [0.05, 0.1) is 6.54 Å². The number of aromatic hydroxyl groups is 2. The number of carbonyl (C=O) groups is 1. The van der Waals surface area contributed by atoms with Gasteiger partial charge in [-0.05, 0) is 30.3 Å². The predicted octanol–water partition coefficient (Wildman–Crippen LogP) is 3.05. The van der Waals surface area contributed by atoms with E-state index >= 15 is 0 Å². The Kier molecular flexibility index (Phi) is 3.22. The van der Waals surface area contributed by atoms with Crippen LogP contribution in [0.25, 0.3) is 0 Å². The van der Waals surface area contributed by atoms with Crippen LogP contribution in [-0.2, 0) is 13.1 Å². The number of phenols is 2. The summed E-state index contributed by atoms with van der Waals surface area (Å²) < 4.78 is 13.7. The Balaban J connectivity index is 1.92. The van der Waals surface area contributed by atoms with Gasteiger partial charge in [-0.15, -0.1) is 0 Å². The molecule has 1 heterocycles. The van der Waals surface area contributed by atoms with Crippen LogP contribution in [0.4, 0.5) is 4.39 Å². The average molecular weight is 308 g/mol.